The fraction of sp³-hybridized carbons (Fsp3) is 0.208. The zero-order valence-electron chi connectivity index (χ0n) is 18.9. The van der Waals surface area contributed by atoms with Gasteiger partial charge in [-0.05, 0) is 42.3 Å². The Morgan fingerprint density at radius 2 is 2.00 bits per heavy atom. The van der Waals surface area contributed by atoms with Crippen molar-refractivity contribution in [3.05, 3.63) is 86.6 Å². The number of nitro benzene ring substituents is 1. The fourth-order valence-electron chi connectivity index (χ4n) is 3.19. The third-order valence-electron chi connectivity index (χ3n) is 4.73. The molecule has 34 heavy (non-hydrogen) atoms. The Balaban J connectivity index is 1.72. The molecule has 0 atom stereocenters. The number of non-ortho nitro benzene ring substituents is 1. The molecule has 0 aliphatic carbocycles. The summed E-state index contributed by atoms with van der Waals surface area (Å²) in [7, 11) is 3.08. The van der Waals surface area contributed by atoms with E-state index in [0.717, 1.165) is 16.8 Å². The highest BCUT2D eigenvalue weighted by Crippen LogP contribution is 2.29. The summed E-state index contributed by atoms with van der Waals surface area (Å²) in [4.78, 5) is 14.8. The van der Waals surface area contributed by atoms with E-state index in [1.165, 1.54) is 19.2 Å². The predicted octanol–water partition coefficient (Wildman–Crippen LogP) is 4.35. The Morgan fingerprint density at radius 1 is 1.18 bits per heavy atom. The molecule has 1 aromatic heterocycles. The Bertz CT molecular complexity index is 1250. The molecule has 0 bridgehead atoms. The summed E-state index contributed by atoms with van der Waals surface area (Å²) in [5.74, 6) is 1.30. The van der Waals surface area contributed by atoms with E-state index in [9.17, 15) is 15.4 Å². The topological polar surface area (TPSA) is 132 Å². The summed E-state index contributed by atoms with van der Waals surface area (Å²) >= 11 is 0. The maximum atomic E-state index is 10.9. The van der Waals surface area contributed by atoms with Gasteiger partial charge in [-0.1, -0.05) is 12.1 Å². The number of nitrogens with one attached hydrogen (secondary N) is 1. The first-order valence-electron chi connectivity index (χ1n) is 10.2. The molecule has 0 radical (unpaired) electrons. The molecule has 10 nitrogen and oxygen atoms in total. The van der Waals surface area contributed by atoms with Crippen LogP contribution in [0.4, 0.5) is 11.5 Å². The molecule has 0 fully saturated rings. The van der Waals surface area contributed by atoms with E-state index >= 15 is 0 Å². The summed E-state index contributed by atoms with van der Waals surface area (Å²) in [5.41, 5.74) is 6.03. The summed E-state index contributed by atoms with van der Waals surface area (Å²) in [6, 6.07) is 15.4. The van der Waals surface area contributed by atoms with Gasteiger partial charge in [-0.15, -0.1) is 0 Å². The minimum absolute atomic E-state index is 0.00382. The minimum Gasteiger partial charge on any atom is -0.493 e. The number of rotatable bonds is 10. The summed E-state index contributed by atoms with van der Waals surface area (Å²) in [6.45, 7) is 2.26. The molecule has 1 N–H and O–H groups in total. The first-order chi connectivity index (χ1) is 16.4. The molecule has 0 unspecified atom stereocenters. The van der Waals surface area contributed by atoms with Gasteiger partial charge in [-0.2, -0.15) is 10.4 Å². The molecular formula is C24H23N5O5. The zero-order chi connectivity index (χ0) is 24.5. The number of aryl methyl sites for hydroxylation is 1. The van der Waals surface area contributed by atoms with Crippen LogP contribution >= 0.6 is 0 Å². The van der Waals surface area contributed by atoms with E-state index in [-0.39, 0.29) is 12.3 Å². The van der Waals surface area contributed by atoms with Crippen molar-refractivity contribution in [3.63, 3.8) is 0 Å². The third-order valence-corrected chi connectivity index (χ3v) is 4.73. The van der Waals surface area contributed by atoms with Gasteiger partial charge in [0, 0.05) is 30.5 Å². The highest BCUT2D eigenvalue weighted by atomic mass is 16.6. The van der Waals surface area contributed by atoms with Crippen LogP contribution in [0.1, 0.15) is 27.9 Å². The molecule has 2 aromatic carbocycles. The van der Waals surface area contributed by atoms with E-state index in [0.29, 0.717) is 35.1 Å². The average molecular weight is 461 g/mol. The van der Waals surface area contributed by atoms with Gasteiger partial charge >= 0.3 is 0 Å². The largest absolute Gasteiger partial charge is 0.493 e. The van der Waals surface area contributed by atoms with Crippen LogP contribution in [-0.2, 0) is 18.0 Å². The highest BCUT2D eigenvalue weighted by molar-refractivity contribution is 5.81. The first-order valence-corrected chi connectivity index (χ1v) is 10.2. The first kappa shape index (κ1) is 24.2. The molecule has 1 heterocycles. The zero-order valence-corrected chi connectivity index (χ0v) is 18.9. The van der Waals surface area contributed by atoms with Crippen LogP contribution in [0.15, 0.2) is 53.6 Å². The maximum absolute atomic E-state index is 10.9. The van der Waals surface area contributed by atoms with Gasteiger partial charge in [-0.25, -0.2) is 4.98 Å². The van der Waals surface area contributed by atoms with Crippen LogP contribution in [0.5, 0.6) is 11.5 Å². The molecule has 0 saturated carbocycles. The summed E-state index contributed by atoms with van der Waals surface area (Å²) in [5, 5.41) is 24.6. The lowest BCUT2D eigenvalue weighted by molar-refractivity contribution is -0.384. The van der Waals surface area contributed by atoms with Crippen molar-refractivity contribution in [2.24, 2.45) is 5.10 Å². The second kappa shape index (κ2) is 11.4. The number of aromatic nitrogens is 1. The van der Waals surface area contributed by atoms with Gasteiger partial charge < -0.3 is 14.2 Å². The Labute approximate surface area is 196 Å². The minimum atomic E-state index is -0.448. The van der Waals surface area contributed by atoms with Crippen molar-refractivity contribution < 1.29 is 19.1 Å². The Hall–Kier alpha value is -4.49. The van der Waals surface area contributed by atoms with Crippen LogP contribution in [0.3, 0.4) is 0 Å². The number of methoxy groups -OCH3 is 2. The third kappa shape index (κ3) is 6.05. The van der Waals surface area contributed by atoms with Gasteiger partial charge in [0.1, 0.15) is 18.2 Å². The van der Waals surface area contributed by atoms with Crippen LogP contribution in [0, 0.1) is 28.4 Å². The van der Waals surface area contributed by atoms with Crippen molar-refractivity contribution in [1.29, 1.82) is 5.26 Å². The van der Waals surface area contributed by atoms with E-state index in [1.54, 1.807) is 49.7 Å². The van der Waals surface area contributed by atoms with E-state index in [4.69, 9.17) is 14.2 Å². The number of nitrogens with zero attached hydrogens (tertiary/aromatic N) is 4. The van der Waals surface area contributed by atoms with E-state index in [1.807, 2.05) is 6.92 Å². The maximum Gasteiger partial charge on any atom is 0.269 e. The molecule has 0 aliphatic rings. The van der Waals surface area contributed by atoms with Gasteiger partial charge in [0.05, 0.1) is 24.9 Å². The van der Waals surface area contributed by atoms with E-state index in [2.05, 4.69) is 21.6 Å². The number of nitro groups is 1. The highest BCUT2D eigenvalue weighted by Gasteiger charge is 2.11. The molecule has 10 heteroatoms. The number of hydrogen-bond acceptors (Lipinski definition) is 9. The van der Waals surface area contributed by atoms with Crippen molar-refractivity contribution in [2.75, 3.05) is 19.6 Å². The van der Waals surface area contributed by atoms with Gasteiger partial charge in [-0.3, -0.25) is 15.5 Å². The van der Waals surface area contributed by atoms with Crippen molar-refractivity contribution in [1.82, 2.24) is 4.98 Å². The number of nitriles is 1. The predicted molar refractivity (Wildman–Crippen MR) is 126 cm³/mol. The molecule has 3 rings (SSSR count). The van der Waals surface area contributed by atoms with Crippen molar-refractivity contribution in [2.45, 2.75) is 20.1 Å². The Morgan fingerprint density at radius 3 is 2.71 bits per heavy atom. The van der Waals surface area contributed by atoms with Gasteiger partial charge in [0.25, 0.3) is 5.69 Å². The number of hydrogen-bond donors (Lipinski definition) is 1. The quantitative estimate of drug-likeness (QED) is 0.268. The molecule has 0 saturated heterocycles. The van der Waals surface area contributed by atoms with Crippen LogP contribution in [-0.4, -0.2) is 30.3 Å². The number of benzene rings is 2. The lowest BCUT2D eigenvalue weighted by atomic mass is 10.1. The molecule has 174 valence electrons. The normalized spacial score (nSPS) is 10.6. The Kier molecular flexibility index (Phi) is 8.10. The number of pyridine rings is 1. The van der Waals surface area contributed by atoms with Crippen LogP contribution in [0.2, 0.25) is 0 Å². The second-order valence-electron chi connectivity index (χ2n) is 7.19. The monoisotopic (exact) mass is 461 g/mol. The number of anilines is 1. The van der Waals surface area contributed by atoms with Gasteiger partial charge in [0.2, 0.25) is 0 Å². The number of ether oxygens (including phenoxy) is 3. The summed E-state index contributed by atoms with van der Waals surface area (Å²) < 4.78 is 16.4. The molecule has 3 aromatic rings. The van der Waals surface area contributed by atoms with Crippen LogP contribution in [0.25, 0.3) is 0 Å². The van der Waals surface area contributed by atoms with Crippen molar-refractivity contribution >= 4 is 17.7 Å². The van der Waals surface area contributed by atoms with E-state index < -0.39 is 4.92 Å². The lowest BCUT2D eigenvalue weighted by Gasteiger charge is -2.11. The fourth-order valence-corrected chi connectivity index (χ4v) is 3.19. The second-order valence-corrected chi connectivity index (χ2v) is 7.19. The number of hydrazone groups is 1. The SMILES string of the molecule is COCc1cc(C)nc(N/N=C/c2ccc(OCc3cccc([N+](=O)[O-])c3)c(OC)c2)c1C#N. The standard InChI is InChI=1S/C24H23N5O5/c1-16-9-19(15-32-2)21(12-25)24(27-16)28-26-13-17-7-8-22(23(11-17)33-3)34-14-18-5-4-6-20(10-18)29(30)31/h4-11,13H,14-15H2,1-3H3,(H,27,28)/b26-13+. The molecular weight excluding hydrogens is 438 g/mol. The van der Waals surface area contributed by atoms with Crippen molar-refractivity contribution in [3.8, 4) is 17.6 Å². The van der Waals surface area contributed by atoms with Gasteiger partial charge in [0.15, 0.2) is 17.3 Å². The molecule has 0 aliphatic heterocycles. The molecule has 0 amide bonds. The summed E-state index contributed by atoms with van der Waals surface area (Å²) in [6.07, 6.45) is 1.56. The molecule has 0 spiro atoms. The average Bonchev–Trinajstić information content (AvgIpc) is 2.83. The lowest BCUT2D eigenvalue weighted by Crippen LogP contribution is -2.03. The smallest absolute Gasteiger partial charge is 0.269 e. The van der Waals surface area contributed by atoms with Crippen LogP contribution < -0.4 is 14.9 Å².